The van der Waals surface area contributed by atoms with E-state index >= 15 is 0 Å². The van der Waals surface area contributed by atoms with Gasteiger partial charge in [0.1, 0.15) is 0 Å². The molecule has 1 aliphatic carbocycles. The molecule has 8 heteroatoms. The predicted octanol–water partition coefficient (Wildman–Crippen LogP) is 1.91. The zero-order chi connectivity index (χ0) is 22.4. The van der Waals surface area contributed by atoms with Crippen LogP contribution in [0.1, 0.15) is 25.8 Å². The van der Waals surface area contributed by atoms with Gasteiger partial charge in [-0.25, -0.2) is 18.8 Å². The fraction of sp³-hybridized carbons (Fsp3) is 0.250. The van der Waals surface area contributed by atoms with Crippen LogP contribution in [0.5, 0.6) is 0 Å². The number of hydrogen-bond acceptors (Lipinski definition) is 4. The first-order valence-corrected chi connectivity index (χ1v) is 10.5. The predicted molar refractivity (Wildman–Crippen MR) is 118 cm³/mol. The number of amides is 1. The first-order valence-electron chi connectivity index (χ1n) is 10.5. The molecule has 0 radical (unpaired) electrons. The lowest BCUT2D eigenvalue weighted by atomic mass is 9.61. The van der Waals surface area contributed by atoms with Gasteiger partial charge in [0.2, 0.25) is 5.91 Å². The monoisotopic (exact) mass is 428 g/mol. The SMILES string of the molecule is CC1(C)CC(=O)C2(C(=O)Nc3ccccc32)C2=C1Cn1c(=O)n(-c3ccccc3)c(=O)n12. The van der Waals surface area contributed by atoms with Gasteiger partial charge >= 0.3 is 11.4 Å². The van der Waals surface area contributed by atoms with Gasteiger partial charge in [-0.15, -0.1) is 0 Å². The number of allylic oxidation sites excluding steroid dienone is 1. The summed E-state index contributed by atoms with van der Waals surface area (Å²) in [6, 6.07) is 15.7. The summed E-state index contributed by atoms with van der Waals surface area (Å²) in [4.78, 5) is 54.2. The molecule has 3 aliphatic rings. The second-order valence-electron chi connectivity index (χ2n) is 9.17. The number of carbonyl (C=O) groups excluding carboxylic acids is 2. The smallest absolute Gasteiger partial charge is 0.324 e. The fourth-order valence-electron chi connectivity index (χ4n) is 5.45. The largest absolute Gasteiger partial charge is 0.356 e. The molecule has 1 aromatic heterocycles. The molecule has 0 bridgehead atoms. The van der Waals surface area contributed by atoms with E-state index in [-0.39, 0.29) is 18.7 Å². The number of hydrogen-bond donors (Lipinski definition) is 1. The number of nitrogens with zero attached hydrogens (tertiary/aromatic N) is 3. The van der Waals surface area contributed by atoms with Crippen molar-refractivity contribution in [3.05, 3.63) is 86.7 Å². The van der Waals surface area contributed by atoms with Gasteiger partial charge in [-0.1, -0.05) is 50.2 Å². The third-order valence-corrected chi connectivity index (χ3v) is 6.96. The molecule has 32 heavy (non-hydrogen) atoms. The van der Waals surface area contributed by atoms with E-state index in [1.54, 1.807) is 54.6 Å². The molecule has 1 amide bonds. The maximum atomic E-state index is 13.7. The number of para-hydroxylation sites is 2. The normalized spacial score (nSPS) is 22.7. The van der Waals surface area contributed by atoms with Gasteiger partial charge in [-0.3, -0.25) is 9.59 Å². The van der Waals surface area contributed by atoms with Gasteiger partial charge in [-0.05, 0) is 29.2 Å². The van der Waals surface area contributed by atoms with Crippen LogP contribution in [0.25, 0.3) is 11.4 Å². The average molecular weight is 428 g/mol. The first kappa shape index (κ1) is 18.8. The van der Waals surface area contributed by atoms with Gasteiger partial charge in [0.15, 0.2) is 11.2 Å². The van der Waals surface area contributed by atoms with E-state index in [1.165, 1.54) is 9.36 Å². The third-order valence-electron chi connectivity index (χ3n) is 6.96. The standard InChI is InChI=1S/C24H20N4O4/c1-23(2)12-18(29)24(15-10-6-7-11-17(15)25-20(24)30)19-16(23)13-26-21(31)27(22(32)28(19)26)14-8-4-3-5-9-14/h3-11H,12-13H2,1-2H3,(H,25,30). The quantitative estimate of drug-likeness (QED) is 0.599. The molecule has 2 aliphatic heterocycles. The van der Waals surface area contributed by atoms with Gasteiger partial charge in [0.25, 0.3) is 0 Å². The molecule has 0 saturated carbocycles. The Labute approximate surface area is 182 Å². The number of aromatic nitrogens is 3. The second-order valence-corrected chi connectivity index (χ2v) is 9.17. The molecule has 3 heterocycles. The van der Waals surface area contributed by atoms with Crippen LogP contribution in [0.4, 0.5) is 5.69 Å². The Balaban J connectivity index is 1.73. The number of nitrogens with one attached hydrogen (secondary N) is 1. The summed E-state index contributed by atoms with van der Waals surface area (Å²) in [5.41, 5.74) is -0.764. The molecule has 0 fully saturated rings. The Kier molecular flexibility index (Phi) is 3.44. The van der Waals surface area contributed by atoms with Crippen molar-refractivity contribution in [2.45, 2.75) is 32.2 Å². The van der Waals surface area contributed by atoms with Crippen LogP contribution >= 0.6 is 0 Å². The van der Waals surface area contributed by atoms with Crippen LogP contribution < -0.4 is 16.7 Å². The van der Waals surface area contributed by atoms with E-state index in [4.69, 9.17) is 0 Å². The van der Waals surface area contributed by atoms with E-state index in [9.17, 15) is 19.2 Å². The molecule has 3 aromatic rings. The minimum absolute atomic E-state index is 0.139. The maximum Gasteiger partial charge on any atom is 0.356 e. The van der Waals surface area contributed by atoms with E-state index < -0.39 is 28.1 Å². The molecule has 1 spiro atoms. The minimum Gasteiger partial charge on any atom is -0.324 e. The van der Waals surface area contributed by atoms with Crippen LogP contribution in [0.15, 0.2) is 69.8 Å². The zero-order valence-corrected chi connectivity index (χ0v) is 17.6. The Morgan fingerprint density at radius 2 is 1.56 bits per heavy atom. The van der Waals surface area contributed by atoms with Gasteiger partial charge in [0, 0.05) is 17.7 Å². The average Bonchev–Trinajstić information content (AvgIpc) is 3.37. The lowest BCUT2D eigenvalue weighted by Crippen LogP contribution is -2.51. The van der Waals surface area contributed by atoms with Crippen molar-refractivity contribution in [2.75, 3.05) is 5.32 Å². The van der Waals surface area contributed by atoms with Gasteiger partial charge in [-0.2, -0.15) is 4.68 Å². The van der Waals surface area contributed by atoms with Gasteiger partial charge in [0.05, 0.1) is 17.9 Å². The van der Waals surface area contributed by atoms with E-state index in [0.29, 0.717) is 22.6 Å². The molecule has 160 valence electrons. The second kappa shape index (κ2) is 5.85. The van der Waals surface area contributed by atoms with Crippen LogP contribution in [-0.4, -0.2) is 25.6 Å². The number of benzene rings is 2. The molecule has 0 saturated heterocycles. The van der Waals surface area contributed by atoms with Crippen molar-refractivity contribution in [3.63, 3.8) is 0 Å². The van der Waals surface area contributed by atoms with Crippen LogP contribution in [0, 0.1) is 5.41 Å². The van der Waals surface area contributed by atoms with Crippen LogP contribution in [0.2, 0.25) is 0 Å². The van der Waals surface area contributed by atoms with Crippen molar-refractivity contribution < 1.29 is 9.59 Å². The zero-order valence-electron chi connectivity index (χ0n) is 17.6. The maximum absolute atomic E-state index is 13.7. The molecule has 8 nitrogen and oxygen atoms in total. The molecule has 6 rings (SSSR count). The summed E-state index contributed by atoms with van der Waals surface area (Å²) in [5, 5.41) is 2.83. The van der Waals surface area contributed by atoms with Crippen LogP contribution in [-0.2, 0) is 21.5 Å². The first-order chi connectivity index (χ1) is 15.3. The van der Waals surface area contributed by atoms with Crippen molar-refractivity contribution in [1.82, 2.24) is 13.9 Å². The molecule has 1 N–H and O–H groups in total. The highest BCUT2D eigenvalue weighted by molar-refractivity contribution is 6.29. The highest BCUT2D eigenvalue weighted by Gasteiger charge is 2.63. The number of carbonyl (C=O) groups is 2. The number of ketones is 1. The van der Waals surface area contributed by atoms with E-state index in [0.717, 1.165) is 10.1 Å². The molecule has 2 aromatic carbocycles. The summed E-state index contributed by atoms with van der Waals surface area (Å²) in [6.07, 6.45) is 0.139. The Bertz CT molecular complexity index is 1500. The highest BCUT2D eigenvalue weighted by Crippen LogP contribution is 2.56. The summed E-state index contributed by atoms with van der Waals surface area (Å²) in [5.74, 6) is -0.754. The van der Waals surface area contributed by atoms with Crippen molar-refractivity contribution in [3.8, 4) is 5.69 Å². The van der Waals surface area contributed by atoms with Gasteiger partial charge < -0.3 is 5.32 Å². The Morgan fingerprint density at radius 3 is 2.31 bits per heavy atom. The fourth-order valence-corrected chi connectivity index (χ4v) is 5.45. The third kappa shape index (κ3) is 2.02. The molecular weight excluding hydrogens is 408 g/mol. The number of Topliss-reactive ketones (excluding diaryl/α,β-unsaturated/α-hetero) is 1. The summed E-state index contributed by atoms with van der Waals surface area (Å²) >= 11 is 0. The lowest BCUT2D eigenvalue weighted by Gasteiger charge is -2.39. The molecule has 1 unspecified atom stereocenters. The lowest BCUT2D eigenvalue weighted by molar-refractivity contribution is -0.132. The molecule has 1 atom stereocenters. The van der Waals surface area contributed by atoms with Crippen molar-refractivity contribution >= 4 is 23.1 Å². The van der Waals surface area contributed by atoms with E-state index in [2.05, 4.69) is 5.32 Å². The van der Waals surface area contributed by atoms with Crippen molar-refractivity contribution in [2.24, 2.45) is 5.41 Å². The van der Waals surface area contributed by atoms with E-state index in [1.807, 2.05) is 13.8 Å². The summed E-state index contributed by atoms with van der Waals surface area (Å²) < 4.78 is 3.68. The highest BCUT2D eigenvalue weighted by atomic mass is 16.2. The number of fused-ring (bicyclic) bond motifs is 5. The number of anilines is 1. The Hall–Kier alpha value is -3.94. The topological polar surface area (TPSA) is 95.1 Å². The van der Waals surface area contributed by atoms with Crippen molar-refractivity contribution in [1.29, 1.82) is 0 Å². The molecular formula is C24H20N4O4. The summed E-state index contributed by atoms with van der Waals surface area (Å²) in [6.45, 7) is 3.98. The van der Waals surface area contributed by atoms with Crippen LogP contribution in [0.3, 0.4) is 0 Å². The number of rotatable bonds is 1. The minimum atomic E-state index is -1.65. The Morgan fingerprint density at radius 1 is 0.875 bits per heavy atom. The summed E-state index contributed by atoms with van der Waals surface area (Å²) in [7, 11) is 0.